The molecule has 1 atom stereocenters. The summed E-state index contributed by atoms with van der Waals surface area (Å²) in [5.41, 5.74) is 3.68. The van der Waals surface area contributed by atoms with Gasteiger partial charge in [0.25, 0.3) is 5.91 Å². The minimum Gasteiger partial charge on any atom is -0.383 e. The van der Waals surface area contributed by atoms with E-state index in [4.69, 9.17) is 4.98 Å². The molecule has 31 heavy (non-hydrogen) atoms. The Morgan fingerprint density at radius 3 is 2.55 bits per heavy atom. The van der Waals surface area contributed by atoms with E-state index >= 15 is 0 Å². The van der Waals surface area contributed by atoms with Crippen LogP contribution in [0, 0.1) is 6.92 Å². The van der Waals surface area contributed by atoms with Crippen LogP contribution in [0.2, 0.25) is 0 Å². The molecule has 0 saturated carbocycles. The maximum atomic E-state index is 13.6. The number of aliphatic hydroxyl groups is 1. The maximum absolute atomic E-state index is 13.6. The number of β-amino-alcohol motifs (C(OH)–C–C–N with tert-alkyl or cyclic N) is 1. The van der Waals surface area contributed by atoms with Crippen molar-refractivity contribution in [1.29, 1.82) is 0 Å². The van der Waals surface area contributed by atoms with Crippen molar-refractivity contribution in [3.8, 4) is 11.4 Å². The normalized spacial score (nSPS) is 18.5. The van der Waals surface area contributed by atoms with Crippen LogP contribution in [0.1, 0.15) is 27.9 Å². The molecular formula is C26H23N3O2. The molecule has 0 spiro atoms. The Balaban J connectivity index is 1.52. The molecule has 5 nitrogen and oxygen atoms in total. The van der Waals surface area contributed by atoms with Crippen LogP contribution >= 0.6 is 0 Å². The number of hydrogen-bond donors (Lipinski definition) is 1. The first-order valence-electron chi connectivity index (χ1n) is 10.4. The van der Waals surface area contributed by atoms with Crippen LogP contribution in [-0.2, 0) is 5.60 Å². The fourth-order valence-electron chi connectivity index (χ4n) is 4.23. The Morgan fingerprint density at radius 2 is 1.77 bits per heavy atom. The fraction of sp³-hybridized carbons (Fsp3) is 0.192. The van der Waals surface area contributed by atoms with Crippen LogP contribution in [0.5, 0.6) is 0 Å². The second-order valence-electron chi connectivity index (χ2n) is 8.16. The van der Waals surface area contributed by atoms with Gasteiger partial charge >= 0.3 is 0 Å². The van der Waals surface area contributed by atoms with E-state index in [0.29, 0.717) is 24.2 Å². The van der Waals surface area contributed by atoms with Crippen LogP contribution in [0.15, 0.2) is 79.0 Å². The summed E-state index contributed by atoms with van der Waals surface area (Å²) in [6, 6.07) is 23.0. The second-order valence-corrected chi connectivity index (χ2v) is 8.16. The molecule has 1 saturated heterocycles. The number of rotatable bonds is 3. The largest absolute Gasteiger partial charge is 0.383 e. The van der Waals surface area contributed by atoms with Crippen LogP contribution in [0.3, 0.4) is 0 Å². The van der Waals surface area contributed by atoms with Crippen molar-refractivity contribution in [2.24, 2.45) is 0 Å². The van der Waals surface area contributed by atoms with E-state index < -0.39 is 5.60 Å². The molecule has 5 heteroatoms. The molecule has 0 radical (unpaired) electrons. The number of aromatic nitrogens is 2. The number of nitrogens with zero attached hydrogens (tertiary/aromatic N) is 3. The van der Waals surface area contributed by atoms with Gasteiger partial charge < -0.3 is 10.0 Å². The molecule has 1 amide bonds. The highest BCUT2D eigenvalue weighted by atomic mass is 16.3. The van der Waals surface area contributed by atoms with Crippen LogP contribution < -0.4 is 0 Å². The Morgan fingerprint density at radius 1 is 1.00 bits per heavy atom. The van der Waals surface area contributed by atoms with Crippen LogP contribution in [-0.4, -0.2) is 39.0 Å². The van der Waals surface area contributed by atoms with E-state index in [1.807, 2.05) is 79.7 Å². The van der Waals surface area contributed by atoms with Gasteiger partial charge in [0, 0.05) is 18.1 Å². The van der Waals surface area contributed by atoms with Gasteiger partial charge in [-0.1, -0.05) is 54.1 Å². The van der Waals surface area contributed by atoms with E-state index in [1.54, 1.807) is 11.1 Å². The monoisotopic (exact) mass is 409 g/mol. The minimum absolute atomic E-state index is 0.0983. The topological polar surface area (TPSA) is 66.3 Å². The summed E-state index contributed by atoms with van der Waals surface area (Å²) >= 11 is 0. The number of carbonyl (C=O) groups excluding carboxylic acids is 1. The molecule has 1 aliphatic heterocycles. The number of fused-ring (bicyclic) bond motifs is 1. The van der Waals surface area contributed by atoms with E-state index in [0.717, 1.165) is 27.7 Å². The zero-order valence-electron chi connectivity index (χ0n) is 17.3. The molecule has 1 N–H and O–H groups in total. The molecule has 1 fully saturated rings. The fourth-order valence-corrected chi connectivity index (χ4v) is 4.23. The van der Waals surface area contributed by atoms with Crippen molar-refractivity contribution < 1.29 is 9.90 Å². The van der Waals surface area contributed by atoms with Crippen LogP contribution in [0.4, 0.5) is 0 Å². The SMILES string of the molecule is Cc1ccc([C@@]2(O)CCN(C(=O)c3cc(-c4ccccn4)nc4ccccc34)C2)cc1. The highest BCUT2D eigenvalue weighted by molar-refractivity contribution is 6.07. The first-order valence-corrected chi connectivity index (χ1v) is 10.4. The average Bonchev–Trinajstić information content (AvgIpc) is 3.22. The van der Waals surface area contributed by atoms with E-state index in [-0.39, 0.29) is 12.5 Å². The third-order valence-corrected chi connectivity index (χ3v) is 6.00. The molecule has 3 heterocycles. The van der Waals surface area contributed by atoms with Gasteiger partial charge in [0.05, 0.1) is 29.0 Å². The van der Waals surface area contributed by atoms with Gasteiger partial charge in [0.1, 0.15) is 5.60 Å². The van der Waals surface area contributed by atoms with E-state index in [2.05, 4.69) is 4.98 Å². The summed E-state index contributed by atoms with van der Waals surface area (Å²) < 4.78 is 0. The molecule has 0 unspecified atom stereocenters. The molecule has 5 rings (SSSR count). The van der Waals surface area contributed by atoms with Gasteiger partial charge in [-0.25, -0.2) is 4.98 Å². The lowest BCUT2D eigenvalue weighted by atomic mass is 9.92. The highest BCUT2D eigenvalue weighted by Gasteiger charge is 2.40. The van der Waals surface area contributed by atoms with E-state index in [1.165, 1.54) is 0 Å². The van der Waals surface area contributed by atoms with Gasteiger partial charge in [0.15, 0.2) is 0 Å². The summed E-state index contributed by atoms with van der Waals surface area (Å²) in [6.07, 6.45) is 2.23. The molecule has 4 aromatic rings. The average molecular weight is 409 g/mol. The first-order chi connectivity index (χ1) is 15.0. The number of hydrogen-bond acceptors (Lipinski definition) is 4. The number of likely N-dealkylation sites (tertiary alicyclic amines) is 1. The Kier molecular flexibility index (Phi) is 4.75. The number of pyridine rings is 2. The van der Waals surface area contributed by atoms with E-state index in [9.17, 15) is 9.90 Å². The third-order valence-electron chi connectivity index (χ3n) is 6.00. The lowest BCUT2D eigenvalue weighted by molar-refractivity contribution is 0.0418. The van der Waals surface area contributed by atoms with Gasteiger partial charge in [-0.15, -0.1) is 0 Å². The van der Waals surface area contributed by atoms with Gasteiger partial charge in [0.2, 0.25) is 0 Å². The Bertz CT molecular complexity index is 1250. The molecule has 154 valence electrons. The molecule has 1 aliphatic rings. The van der Waals surface area contributed by atoms with Crippen molar-refractivity contribution in [1.82, 2.24) is 14.9 Å². The summed E-state index contributed by atoms with van der Waals surface area (Å²) in [5.74, 6) is -0.0983. The van der Waals surface area contributed by atoms with Crippen LogP contribution in [0.25, 0.3) is 22.3 Å². The molecular weight excluding hydrogens is 386 g/mol. The predicted molar refractivity (Wildman–Crippen MR) is 121 cm³/mol. The summed E-state index contributed by atoms with van der Waals surface area (Å²) in [4.78, 5) is 24.4. The van der Waals surface area contributed by atoms with Crippen molar-refractivity contribution in [2.45, 2.75) is 18.9 Å². The number of para-hydroxylation sites is 1. The second kappa shape index (κ2) is 7.60. The van der Waals surface area contributed by atoms with Gasteiger partial charge in [-0.05, 0) is 43.2 Å². The van der Waals surface area contributed by atoms with Gasteiger partial charge in [-0.3, -0.25) is 9.78 Å². The number of carbonyl (C=O) groups is 1. The zero-order valence-corrected chi connectivity index (χ0v) is 17.3. The van der Waals surface area contributed by atoms with Crippen molar-refractivity contribution in [3.63, 3.8) is 0 Å². The number of amides is 1. The Hall–Kier alpha value is -3.57. The third kappa shape index (κ3) is 3.57. The highest BCUT2D eigenvalue weighted by Crippen LogP contribution is 2.34. The molecule has 2 aromatic carbocycles. The first kappa shape index (κ1) is 19.4. The minimum atomic E-state index is -1.03. The summed E-state index contributed by atoms with van der Waals surface area (Å²) in [7, 11) is 0. The van der Waals surface area contributed by atoms with Crippen molar-refractivity contribution in [3.05, 3.63) is 95.7 Å². The predicted octanol–water partition coefficient (Wildman–Crippen LogP) is 4.34. The number of aryl methyl sites for hydroxylation is 1. The van der Waals surface area contributed by atoms with Gasteiger partial charge in [-0.2, -0.15) is 0 Å². The standard InChI is InChI=1S/C26H23N3O2/c1-18-9-11-19(12-10-18)26(31)13-15-29(17-26)25(30)21-16-24(23-8-4-5-14-27-23)28-22-7-3-2-6-20(21)22/h2-12,14,16,31H,13,15,17H2,1H3/t26-/m1/s1. The summed E-state index contributed by atoms with van der Waals surface area (Å²) in [5, 5.41) is 12.1. The maximum Gasteiger partial charge on any atom is 0.254 e. The summed E-state index contributed by atoms with van der Waals surface area (Å²) in [6.45, 7) is 2.79. The quantitative estimate of drug-likeness (QED) is 0.547. The van der Waals surface area contributed by atoms with Crippen molar-refractivity contribution in [2.75, 3.05) is 13.1 Å². The lowest BCUT2D eigenvalue weighted by Gasteiger charge is -2.24. The molecule has 0 bridgehead atoms. The Labute approximate surface area is 181 Å². The zero-order chi connectivity index (χ0) is 21.4. The molecule has 0 aliphatic carbocycles. The smallest absolute Gasteiger partial charge is 0.254 e. The lowest BCUT2D eigenvalue weighted by Crippen LogP contribution is -2.34. The van der Waals surface area contributed by atoms with Crippen molar-refractivity contribution >= 4 is 16.8 Å². The molecule has 2 aromatic heterocycles. The number of benzene rings is 2.